The van der Waals surface area contributed by atoms with E-state index >= 15 is 0 Å². The van der Waals surface area contributed by atoms with E-state index in [-0.39, 0.29) is 31.1 Å². The summed E-state index contributed by atoms with van der Waals surface area (Å²) in [6.07, 6.45) is 34.0. The lowest BCUT2D eigenvalue weighted by molar-refractivity contribution is -0.167. The molecule has 0 aromatic heterocycles. The van der Waals surface area contributed by atoms with Crippen molar-refractivity contribution >= 4 is 17.9 Å². The lowest BCUT2D eigenvalue weighted by Crippen LogP contribution is -2.30. The Hall–Kier alpha value is -1.59. The molecule has 0 aliphatic carbocycles. The summed E-state index contributed by atoms with van der Waals surface area (Å²) in [5.74, 6) is 0.805. The van der Waals surface area contributed by atoms with Gasteiger partial charge in [0.2, 0.25) is 0 Å². The van der Waals surface area contributed by atoms with Crippen molar-refractivity contribution < 1.29 is 28.6 Å². The summed E-state index contributed by atoms with van der Waals surface area (Å²) in [6.45, 7) is 11.3. The quantitative estimate of drug-likeness (QED) is 0.0361. The Morgan fingerprint density at radius 1 is 0.420 bits per heavy atom. The van der Waals surface area contributed by atoms with E-state index < -0.39 is 6.10 Å². The first-order valence-electron chi connectivity index (χ1n) is 21.8. The van der Waals surface area contributed by atoms with Gasteiger partial charge >= 0.3 is 17.9 Å². The molecule has 50 heavy (non-hydrogen) atoms. The number of rotatable bonds is 38. The summed E-state index contributed by atoms with van der Waals surface area (Å²) in [5.41, 5.74) is 0. The molecule has 2 atom stereocenters. The van der Waals surface area contributed by atoms with E-state index in [0.29, 0.717) is 19.3 Å². The van der Waals surface area contributed by atoms with Crippen molar-refractivity contribution in [1.29, 1.82) is 0 Å². The highest BCUT2D eigenvalue weighted by atomic mass is 16.6. The van der Waals surface area contributed by atoms with E-state index in [0.717, 1.165) is 76.0 Å². The molecule has 6 heteroatoms. The van der Waals surface area contributed by atoms with E-state index in [1.165, 1.54) is 116 Å². The van der Waals surface area contributed by atoms with Crippen LogP contribution in [0.25, 0.3) is 0 Å². The molecule has 296 valence electrons. The third-order valence-electron chi connectivity index (χ3n) is 10.1. The molecule has 0 aliphatic rings. The van der Waals surface area contributed by atoms with E-state index in [9.17, 15) is 14.4 Å². The van der Waals surface area contributed by atoms with Crippen LogP contribution in [-0.4, -0.2) is 37.2 Å². The highest BCUT2D eigenvalue weighted by Crippen LogP contribution is 2.17. The second-order valence-corrected chi connectivity index (χ2v) is 15.7. The zero-order valence-electron chi connectivity index (χ0n) is 34.0. The molecule has 0 amide bonds. The molecule has 6 nitrogen and oxygen atoms in total. The van der Waals surface area contributed by atoms with Gasteiger partial charge in [0.15, 0.2) is 6.10 Å². The standard InChI is InChI=1S/C44H84O6/c1-6-8-9-22-29-34-42(45)48-37-41(38-49-43(46)35-30-25-20-17-16-19-24-28-33-40(5)7-2)50-44(47)36-31-26-21-15-13-11-10-12-14-18-23-27-32-39(3)4/h39-41H,6-38H2,1-5H3/t40?,41-/m0/s1. The normalized spacial score (nSPS) is 12.6. The first kappa shape index (κ1) is 48.4. The number of carbonyl (C=O) groups excluding carboxylic acids is 3. The first-order chi connectivity index (χ1) is 24.3. The van der Waals surface area contributed by atoms with Crippen LogP contribution in [0.1, 0.15) is 234 Å². The van der Waals surface area contributed by atoms with E-state index in [1.54, 1.807) is 0 Å². The van der Waals surface area contributed by atoms with E-state index in [2.05, 4.69) is 34.6 Å². The maximum Gasteiger partial charge on any atom is 0.306 e. The second-order valence-electron chi connectivity index (χ2n) is 15.7. The fourth-order valence-corrected chi connectivity index (χ4v) is 6.37. The van der Waals surface area contributed by atoms with E-state index in [4.69, 9.17) is 14.2 Å². The zero-order chi connectivity index (χ0) is 36.9. The van der Waals surface area contributed by atoms with Crippen LogP contribution in [0.5, 0.6) is 0 Å². The lowest BCUT2D eigenvalue weighted by atomic mass is 9.99. The van der Waals surface area contributed by atoms with Crippen LogP contribution in [0.3, 0.4) is 0 Å². The Morgan fingerprint density at radius 2 is 0.760 bits per heavy atom. The van der Waals surface area contributed by atoms with Gasteiger partial charge in [0.05, 0.1) is 0 Å². The molecule has 0 aromatic carbocycles. The fraction of sp³-hybridized carbons (Fsp3) is 0.932. The molecule has 0 heterocycles. The molecule has 0 fully saturated rings. The van der Waals surface area contributed by atoms with Crippen LogP contribution in [0.15, 0.2) is 0 Å². The average molecular weight is 709 g/mol. The molecule has 0 saturated carbocycles. The summed E-state index contributed by atoms with van der Waals surface area (Å²) in [6, 6.07) is 0. The minimum Gasteiger partial charge on any atom is -0.462 e. The number of hydrogen-bond acceptors (Lipinski definition) is 6. The van der Waals surface area contributed by atoms with Gasteiger partial charge in [-0.3, -0.25) is 14.4 Å². The highest BCUT2D eigenvalue weighted by Gasteiger charge is 2.19. The van der Waals surface area contributed by atoms with Gasteiger partial charge in [-0.2, -0.15) is 0 Å². The molecule has 0 rings (SSSR count). The minimum atomic E-state index is -0.758. The fourth-order valence-electron chi connectivity index (χ4n) is 6.37. The predicted molar refractivity (Wildman–Crippen MR) is 210 cm³/mol. The summed E-state index contributed by atoms with van der Waals surface area (Å²) in [7, 11) is 0. The molecular formula is C44H84O6. The van der Waals surface area contributed by atoms with Crippen molar-refractivity contribution in [3.8, 4) is 0 Å². The van der Waals surface area contributed by atoms with Gasteiger partial charge in [-0.05, 0) is 31.1 Å². The predicted octanol–water partition coefficient (Wildman–Crippen LogP) is 13.4. The smallest absolute Gasteiger partial charge is 0.306 e. The van der Waals surface area contributed by atoms with Gasteiger partial charge in [0, 0.05) is 19.3 Å². The Bertz CT molecular complexity index is 766. The number of esters is 3. The van der Waals surface area contributed by atoms with Crippen LogP contribution in [0.2, 0.25) is 0 Å². The molecule has 0 aliphatic heterocycles. The minimum absolute atomic E-state index is 0.0665. The van der Waals surface area contributed by atoms with Crippen molar-refractivity contribution in [2.75, 3.05) is 13.2 Å². The van der Waals surface area contributed by atoms with Crippen molar-refractivity contribution in [2.24, 2.45) is 11.8 Å². The third kappa shape index (κ3) is 36.2. The van der Waals surface area contributed by atoms with Crippen LogP contribution in [-0.2, 0) is 28.6 Å². The molecule has 0 aromatic rings. The molecular weight excluding hydrogens is 624 g/mol. The molecule has 0 spiro atoms. The molecule has 0 saturated heterocycles. The van der Waals surface area contributed by atoms with Crippen molar-refractivity contribution in [2.45, 2.75) is 240 Å². The number of ether oxygens (including phenoxy) is 3. The van der Waals surface area contributed by atoms with Gasteiger partial charge in [0.25, 0.3) is 0 Å². The van der Waals surface area contributed by atoms with Crippen LogP contribution >= 0.6 is 0 Å². The van der Waals surface area contributed by atoms with Gasteiger partial charge in [-0.25, -0.2) is 0 Å². The second kappa shape index (κ2) is 37.2. The Morgan fingerprint density at radius 3 is 1.14 bits per heavy atom. The van der Waals surface area contributed by atoms with Crippen LogP contribution in [0, 0.1) is 11.8 Å². The summed E-state index contributed by atoms with van der Waals surface area (Å²) >= 11 is 0. The molecule has 0 radical (unpaired) electrons. The molecule has 0 bridgehead atoms. The number of hydrogen-bond donors (Lipinski definition) is 0. The monoisotopic (exact) mass is 709 g/mol. The summed E-state index contributed by atoms with van der Waals surface area (Å²) in [4.78, 5) is 37.4. The topological polar surface area (TPSA) is 78.9 Å². The van der Waals surface area contributed by atoms with E-state index in [1.807, 2.05) is 0 Å². The summed E-state index contributed by atoms with van der Waals surface area (Å²) in [5, 5.41) is 0. The van der Waals surface area contributed by atoms with Gasteiger partial charge in [0.1, 0.15) is 13.2 Å². The Labute approximate surface area is 310 Å². The summed E-state index contributed by atoms with van der Waals surface area (Å²) < 4.78 is 16.6. The maximum atomic E-state index is 12.6. The SMILES string of the molecule is CCCCCCCC(=O)OC[C@@H](COC(=O)CCCCCCCCCCC(C)CC)OC(=O)CCCCCCCCCCCCCCC(C)C. The lowest BCUT2D eigenvalue weighted by Gasteiger charge is -2.18. The van der Waals surface area contributed by atoms with Gasteiger partial charge in [-0.15, -0.1) is 0 Å². The van der Waals surface area contributed by atoms with Gasteiger partial charge < -0.3 is 14.2 Å². The molecule has 1 unspecified atom stereocenters. The first-order valence-corrected chi connectivity index (χ1v) is 21.8. The maximum absolute atomic E-state index is 12.6. The van der Waals surface area contributed by atoms with Gasteiger partial charge in [-0.1, -0.05) is 195 Å². The Kier molecular flexibility index (Phi) is 36.0. The average Bonchev–Trinajstić information content (AvgIpc) is 3.09. The number of carbonyl (C=O) groups is 3. The zero-order valence-corrected chi connectivity index (χ0v) is 34.0. The largest absolute Gasteiger partial charge is 0.462 e. The molecule has 0 N–H and O–H groups in total. The van der Waals surface area contributed by atoms with Crippen LogP contribution in [0.4, 0.5) is 0 Å². The highest BCUT2D eigenvalue weighted by molar-refractivity contribution is 5.71. The number of unbranched alkanes of at least 4 members (excludes halogenated alkanes) is 22. The third-order valence-corrected chi connectivity index (χ3v) is 10.1. The van der Waals surface area contributed by atoms with Crippen molar-refractivity contribution in [3.63, 3.8) is 0 Å². The Balaban J connectivity index is 4.22. The van der Waals surface area contributed by atoms with Crippen LogP contribution < -0.4 is 0 Å². The van der Waals surface area contributed by atoms with Crippen molar-refractivity contribution in [1.82, 2.24) is 0 Å². The van der Waals surface area contributed by atoms with Crippen molar-refractivity contribution in [3.05, 3.63) is 0 Å².